The summed E-state index contributed by atoms with van der Waals surface area (Å²) >= 11 is 0. The molecule has 1 rings (SSSR count). The maximum absolute atomic E-state index is 11.1. The van der Waals surface area contributed by atoms with E-state index in [2.05, 4.69) is 18.9 Å². The summed E-state index contributed by atoms with van der Waals surface area (Å²) in [6, 6.07) is 0. The molecular formula is C14H26N4O. The van der Waals surface area contributed by atoms with Crippen molar-refractivity contribution in [3.63, 3.8) is 0 Å². The zero-order chi connectivity index (χ0) is 14.6. The van der Waals surface area contributed by atoms with E-state index < -0.39 is 11.4 Å². The third-order valence-corrected chi connectivity index (χ3v) is 3.76. The van der Waals surface area contributed by atoms with Crippen molar-refractivity contribution in [3.8, 4) is 0 Å². The molecule has 5 nitrogen and oxygen atoms in total. The lowest BCUT2D eigenvalue weighted by Gasteiger charge is -2.20. The van der Waals surface area contributed by atoms with Gasteiger partial charge in [0.15, 0.2) is 0 Å². The number of carbonyl (C=O) groups excluding carboxylic acids is 1. The van der Waals surface area contributed by atoms with Gasteiger partial charge in [-0.15, -0.1) is 0 Å². The number of nitrogens with two attached hydrogens (primary N) is 2. The van der Waals surface area contributed by atoms with Crippen LogP contribution in [0.1, 0.15) is 50.1 Å². The molecule has 0 saturated carbocycles. The van der Waals surface area contributed by atoms with Gasteiger partial charge in [-0.2, -0.15) is 5.10 Å². The molecular weight excluding hydrogens is 240 g/mol. The standard InChI is InChI=1S/C14H26N4O/c1-5-12-10(2)17-18(11(12)3)9-7-6-8-14(4,16)13(15)19/h5-9,16H2,1-4H3,(H2,15,19). The Labute approximate surface area is 115 Å². The maximum Gasteiger partial charge on any atom is 0.237 e. The molecule has 0 aliphatic rings. The molecule has 1 aromatic heterocycles. The topological polar surface area (TPSA) is 86.9 Å². The van der Waals surface area contributed by atoms with E-state index in [1.807, 2.05) is 11.6 Å². The number of nitrogens with zero attached hydrogens (tertiary/aromatic N) is 2. The lowest BCUT2D eigenvalue weighted by Crippen LogP contribution is -2.49. The molecule has 1 atom stereocenters. The minimum Gasteiger partial charge on any atom is -0.368 e. The van der Waals surface area contributed by atoms with E-state index in [0.717, 1.165) is 31.5 Å². The molecule has 1 unspecified atom stereocenters. The Kier molecular flexibility index (Phi) is 5.11. The monoisotopic (exact) mass is 266 g/mol. The second-order valence-electron chi connectivity index (χ2n) is 5.46. The molecule has 1 aromatic rings. The van der Waals surface area contributed by atoms with Crippen molar-refractivity contribution in [1.29, 1.82) is 0 Å². The number of amides is 1. The van der Waals surface area contributed by atoms with E-state index in [9.17, 15) is 4.79 Å². The van der Waals surface area contributed by atoms with Crippen molar-refractivity contribution in [1.82, 2.24) is 9.78 Å². The quantitative estimate of drug-likeness (QED) is 0.732. The van der Waals surface area contributed by atoms with E-state index in [1.54, 1.807) is 6.92 Å². The smallest absolute Gasteiger partial charge is 0.237 e. The number of carbonyl (C=O) groups is 1. The molecule has 5 heteroatoms. The molecule has 0 fully saturated rings. The van der Waals surface area contributed by atoms with Gasteiger partial charge in [-0.3, -0.25) is 9.48 Å². The van der Waals surface area contributed by atoms with Crippen molar-refractivity contribution in [2.75, 3.05) is 0 Å². The molecule has 0 saturated heterocycles. The first kappa shape index (κ1) is 15.7. The molecule has 0 aliphatic heterocycles. The maximum atomic E-state index is 11.1. The Morgan fingerprint density at radius 2 is 2.00 bits per heavy atom. The van der Waals surface area contributed by atoms with Crippen LogP contribution in [0.15, 0.2) is 0 Å². The van der Waals surface area contributed by atoms with Gasteiger partial charge in [0.25, 0.3) is 0 Å². The Morgan fingerprint density at radius 1 is 1.37 bits per heavy atom. The van der Waals surface area contributed by atoms with Crippen molar-refractivity contribution in [2.24, 2.45) is 11.5 Å². The summed E-state index contributed by atoms with van der Waals surface area (Å²) in [6.07, 6.45) is 3.45. The summed E-state index contributed by atoms with van der Waals surface area (Å²) in [5, 5.41) is 4.54. The van der Waals surface area contributed by atoms with Gasteiger partial charge in [-0.25, -0.2) is 0 Å². The number of primary amides is 1. The third-order valence-electron chi connectivity index (χ3n) is 3.76. The van der Waals surface area contributed by atoms with Gasteiger partial charge in [-0.05, 0) is 52.0 Å². The second-order valence-corrected chi connectivity index (χ2v) is 5.46. The summed E-state index contributed by atoms with van der Waals surface area (Å²) in [5.74, 6) is -0.438. The molecule has 0 aliphatic carbocycles. The Morgan fingerprint density at radius 3 is 2.47 bits per heavy atom. The van der Waals surface area contributed by atoms with Crippen LogP contribution < -0.4 is 11.5 Å². The van der Waals surface area contributed by atoms with Crippen molar-refractivity contribution < 1.29 is 4.79 Å². The summed E-state index contributed by atoms with van der Waals surface area (Å²) in [4.78, 5) is 11.1. The average Bonchev–Trinajstić information content (AvgIpc) is 2.59. The Bertz CT molecular complexity index is 449. The highest BCUT2D eigenvalue weighted by Gasteiger charge is 2.24. The molecule has 1 heterocycles. The van der Waals surface area contributed by atoms with Crippen LogP contribution in [-0.2, 0) is 17.8 Å². The Hall–Kier alpha value is -1.36. The molecule has 19 heavy (non-hydrogen) atoms. The first-order valence-electron chi connectivity index (χ1n) is 6.91. The van der Waals surface area contributed by atoms with Crippen LogP contribution in [-0.4, -0.2) is 21.2 Å². The fourth-order valence-corrected chi connectivity index (χ4v) is 2.34. The number of aromatic nitrogens is 2. The first-order chi connectivity index (χ1) is 8.79. The summed E-state index contributed by atoms with van der Waals surface area (Å²) in [5.41, 5.74) is 13.9. The summed E-state index contributed by atoms with van der Waals surface area (Å²) in [7, 11) is 0. The average molecular weight is 266 g/mol. The van der Waals surface area contributed by atoms with Gasteiger partial charge in [0, 0.05) is 12.2 Å². The van der Waals surface area contributed by atoms with Crippen LogP contribution in [0.2, 0.25) is 0 Å². The molecule has 1 amide bonds. The van der Waals surface area contributed by atoms with Crippen molar-refractivity contribution in [2.45, 2.75) is 65.5 Å². The van der Waals surface area contributed by atoms with E-state index in [-0.39, 0.29) is 0 Å². The van der Waals surface area contributed by atoms with Crippen LogP contribution in [0, 0.1) is 13.8 Å². The van der Waals surface area contributed by atoms with Crippen LogP contribution in [0.5, 0.6) is 0 Å². The number of unbranched alkanes of at least 4 members (excludes halogenated alkanes) is 1. The molecule has 0 spiro atoms. The molecule has 4 N–H and O–H groups in total. The SMILES string of the molecule is CCc1c(C)nn(CCCCC(C)(N)C(N)=O)c1C. The zero-order valence-electron chi connectivity index (χ0n) is 12.5. The van der Waals surface area contributed by atoms with E-state index in [1.165, 1.54) is 11.3 Å². The fourth-order valence-electron chi connectivity index (χ4n) is 2.34. The fraction of sp³-hybridized carbons (Fsp3) is 0.714. The highest BCUT2D eigenvalue weighted by molar-refractivity contribution is 5.83. The zero-order valence-corrected chi connectivity index (χ0v) is 12.5. The van der Waals surface area contributed by atoms with Crippen LogP contribution in [0.4, 0.5) is 0 Å². The molecule has 0 aromatic carbocycles. The normalized spacial score (nSPS) is 14.4. The molecule has 0 bridgehead atoms. The van der Waals surface area contributed by atoms with Gasteiger partial charge in [-0.1, -0.05) is 6.92 Å². The van der Waals surface area contributed by atoms with Gasteiger partial charge < -0.3 is 11.5 Å². The highest BCUT2D eigenvalue weighted by Crippen LogP contribution is 2.15. The number of hydrogen-bond acceptors (Lipinski definition) is 3. The number of hydrogen-bond donors (Lipinski definition) is 2. The third kappa shape index (κ3) is 3.80. The number of rotatable bonds is 7. The summed E-state index contributed by atoms with van der Waals surface area (Å²) in [6.45, 7) is 8.85. The van der Waals surface area contributed by atoms with E-state index in [0.29, 0.717) is 6.42 Å². The van der Waals surface area contributed by atoms with Gasteiger partial charge in [0.1, 0.15) is 0 Å². The highest BCUT2D eigenvalue weighted by atomic mass is 16.1. The van der Waals surface area contributed by atoms with Crippen LogP contribution in [0.25, 0.3) is 0 Å². The van der Waals surface area contributed by atoms with Gasteiger partial charge in [0.2, 0.25) is 5.91 Å². The molecule has 0 radical (unpaired) electrons. The van der Waals surface area contributed by atoms with Crippen molar-refractivity contribution in [3.05, 3.63) is 17.0 Å². The Balaban J connectivity index is 2.49. The minimum absolute atomic E-state index is 0.438. The second kappa shape index (κ2) is 6.19. The van der Waals surface area contributed by atoms with Crippen molar-refractivity contribution >= 4 is 5.91 Å². The first-order valence-corrected chi connectivity index (χ1v) is 6.91. The lowest BCUT2D eigenvalue weighted by atomic mass is 9.95. The minimum atomic E-state index is -0.899. The van der Waals surface area contributed by atoms with Crippen LogP contribution >= 0.6 is 0 Å². The predicted octanol–water partition coefficient (Wildman–Crippen LogP) is 1.44. The number of aryl methyl sites for hydroxylation is 2. The summed E-state index contributed by atoms with van der Waals surface area (Å²) < 4.78 is 2.05. The van der Waals surface area contributed by atoms with Gasteiger partial charge in [0.05, 0.1) is 11.2 Å². The predicted molar refractivity (Wildman–Crippen MR) is 76.7 cm³/mol. The van der Waals surface area contributed by atoms with E-state index in [4.69, 9.17) is 11.5 Å². The molecule has 108 valence electrons. The van der Waals surface area contributed by atoms with Crippen LogP contribution in [0.3, 0.4) is 0 Å². The largest absolute Gasteiger partial charge is 0.368 e. The van der Waals surface area contributed by atoms with E-state index >= 15 is 0 Å². The van der Waals surface area contributed by atoms with Gasteiger partial charge >= 0.3 is 0 Å². The lowest BCUT2D eigenvalue weighted by molar-refractivity contribution is -0.122.